The second-order valence-electron chi connectivity index (χ2n) is 4.10. The molecule has 1 aromatic carbocycles. The van der Waals surface area contributed by atoms with E-state index < -0.39 is 0 Å². The summed E-state index contributed by atoms with van der Waals surface area (Å²) in [6.45, 7) is 0. The van der Waals surface area contributed by atoms with Crippen molar-refractivity contribution in [1.82, 2.24) is 14.1 Å². The Bertz CT molecular complexity index is 797. The van der Waals surface area contributed by atoms with Gasteiger partial charge < -0.3 is 8.98 Å². The van der Waals surface area contributed by atoms with Crippen molar-refractivity contribution in [2.24, 2.45) is 14.1 Å². The van der Waals surface area contributed by atoms with Crippen LogP contribution in [-0.4, -0.2) is 14.1 Å². The van der Waals surface area contributed by atoms with Gasteiger partial charge in [-0.1, -0.05) is 0 Å². The number of imidazole rings is 1. The second-order valence-corrected chi connectivity index (χ2v) is 4.86. The van der Waals surface area contributed by atoms with Gasteiger partial charge in [-0.25, -0.2) is 9.78 Å². The molecule has 0 saturated heterocycles. The van der Waals surface area contributed by atoms with Gasteiger partial charge in [-0.15, -0.1) is 0 Å². The predicted octanol–water partition coefficient (Wildman–Crippen LogP) is 2.29. The van der Waals surface area contributed by atoms with Crippen LogP contribution in [0.1, 0.15) is 0 Å². The van der Waals surface area contributed by atoms with Crippen LogP contribution in [-0.2, 0) is 14.1 Å². The zero-order valence-corrected chi connectivity index (χ0v) is 11.4. The van der Waals surface area contributed by atoms with Crippen molar-refractivity contribution >= 4 is 27.0 Å². The van der Waals surface area contributed by atoms with Crippen molar-refractivity contribution in [3.8, 4) is 11.3 Å². The van der Waals surface area contributed by atoms with E-state index in [9.17, 15) is 4.79 Å². The van der Waals surface area contributed by atoms with E-state index in [2.05, 4.69) is 20.9 Å². The summed E-state index contributed by atoms with van der Waals surface area (Å²) >= 11 is 3.48. The number of aromatic nitrogens is 3. The fourth-order valence-electron chi connectivity index (χ4n) is 1.88. The van der Waals surface area contributed by atoms with Gasteiger partial charge in [-0.2, -0.15) is 0 Å². The Balaban J connectivity index is 2.28. The number of benzene rings is 1. The van der Waals surface area contributed by atoms with Crippen molar-refractivity contribution in [1.29, 1.82) is 0 Å². The lowest BCUT2D eigenvalue weighted by atomic mass is 10.1. The van der Waals surface area contributed by atoms with Crippen LogP contribution in [0.25, 0.3) is 22.4 Å². The molecule has 0 aliphatic rings. The van der Waals surface area contributed by atoms with Crippen molar-refractivity contribution < 1.29 is 4.42 Å². The predicted molar refractivity (Wildman–Crippen MR) is 71.4 cm³/mol. The van der Waals surface area contributed by atoms with Crippen molar-refractivity contribution in [2.75, 3.05) is 0 Å². The van der Waals surface area contributed by atoms with Crippen molar-refractivity contribution in [3.05, 3.63) is 39.7 Å². The van der Waals surface area contributed by atoms with Crippen LogP contribution in [0.4, 0.5) is 0 Å². The summed E-state index contributed by atoms with van der Waals surface area (Å²) in [5.74, 6) is -0.359. The van der Waals surface area contributed by atoms with E-state index >= 15 is 0 Å². The molecule has 2 aromatic heterocycles. The number of fused-ring (bicyclic) bond motifs is 1. The third-order valence-electron chi connectivity index (χ3n) is 2.93. The number of halogens is 1. The molecule has 0 spiro atoms. The third kappa shape index (κ3) is 1.53. The Morgan fingerprint density at radius 3 is 2.78 bits per heavy atom. The Morgan fingerprint density at radius 2 is 2.11 bits per heavy atom. The third-order valence-corrected chi connectivity index (χ3v) is 3.86. The zero-order valence-electron chi connectivity index (χ0n) is 9.85. The van der Waals surface area contributed by atoms with Crippen LogP contribution in [0, 0.1) is 0 Å². The summed E-state index contributed by atoms with van der Waals surface area (Å²) in [6.07, 6.45) is 1.73. The summed E-state index contributed by atoms with van der Waals surface area (Å²) in [4.78, 5) is 15.8. The van der Waals surface area contributed by atoms with E-state index in [4.69, 9.17) is 4.42 Å². The quantitative estimate of drug-likeness (QED) is 0.693. The first-order chi connectivity index (χ1) is 8.58. The summed E-state index contributed by atoms with van der Waals surface area (Å²) in [7, 11) is 3.60. The van der Waals surface area contributed by atoms with Crippen LogP contribution in [0.5, 0.6) is 0 Å². The molecule has 3 aromatic rings. The highest BCUT2D eigenvalue weighted by molar-refractivity contribution is 9.10. The lowest BCUT2D eigenvalue weighted by Crippen LogP contribution is -2.08. The molecule has 0 saturated carbocycles. The monoisotopic (exact) mass is 307 g/mol. The molecule has 0 aliphatic heterocycles. The first kappa shape index (κ1) is 11.3. The van der Waals surface area contributed by atoms with Crippen LogP contribution in [0.3, 0.4) is 0 Å². The maximum absolute atomic E-state index is 11.4. The maximum atomic E-state index is 11.4. The number of rotatable bonds is 1. The van der Waals surface area contributed by atoms with Crippen LogP contribution in [0.2, 0.25) is 0 Å². The fourth-order valence-corrected chi connectivity index (χ4v) is 2.31. The highest BCUT2D eigenvalue weighted by Crippen LogP contribution is 2.28. The maximum Gasteiger partial charge on any atom is 0.419 e. The Hall–Kier alpha value is -1.82. The van der Waals surface area contributed by atoms with Gasteiger partial charge in [-0.05, 0) is 34.1 Å². The van der Waals surface area contributed by atoms with Crippen molar-refractivity contribution in [2.45, 2.75) is 0 Å². The number of oxazole rings is 1. The first-order valence-electron chi connectivity index (χ1n) is 5.34. The molecule has 6 heteroatoms. The molecule has 18 heavy (non-hydrogen) atoms. The summed E-state index contributed by atoms with van der Waals surface area (Å²) in [5, 5.41) is 0. The fraction of sp³-hybridized carbons (Fsp3) is 0.167. The van der Waals surface area contributed by atoms with Crippen LogP contribution >= 0.6 is 15.9 Å². The van der Waals surface area contributed by atoms with E-state index in [1.54, 1.807) is 19.4 Å². The molecular formula is C12H10BrN3O2. The van der Waals surface area contributed by atoms with Gasteiger partial charge in [0.15, 0.2) is 5.58 Å². The molecule has 0 unspecified atom stereocenters. The highest BCUT2D eigenvalue weighted by Gasteiger charge is 2.12. The minimum atomic E-state index is -0.359. The lowest BCUT2D eigenvalue weighted by molar-refractivity contribution is 0.528. The largest absolute Gasteiger partial charge is 0.419 e. The van der Waals surface area contributed by atoms with E-state index in [1.807, 2.05) is 23.7 Å². The summed E-state index contributed by atoms with van der Waals surface area (Å²) < 4.78 is 9.36. The van der Waals surface area contributed by atoms with E-state index in [1.165, 1.54) is 4.57 Å². The smallest absolute Gasteiger partial charge is 0.408 e. The van der Waals surface area contributed by atoms with Gasteiger partial charge >= 0.3 is 5.76 Å². The molecule has 3 rings (SSSR count). The molecule has 0 atom stereocenters. The first-order valence-corrected chi connectivity index (χ1v) is 6.14. The Morgan fingerprint density at radius 1 is 1.33 bits per heavy atom. The van der Waals surface area contributed by atoms with Gasteiger partial charge in [-0.3, -0.25) is 4.57 Å². The topological polar surface area (TPSA) is 53.0 Å². The average Bonchev–Trinajstić information content (AvgIpc) is 2.83. The normalized spacial score (nSPS) is 11.3. The Labute approximate surface area is 111 Å². The number of nitrogens with zero attached hydrogens (tertiary/aromatic N) is 3. The number of hydrogen-bond donors (Lipinski definition) is 0. The van der Waals surface area contributed by atoms with E-state index in [0.717, 1.165) is 21.4 Å². The summed E-state index contributed by atoms with van der Waals surface area (Å²) in [6, 6.07) is 5.57. The van der Waals surface area contributed by atoms with Gasteiger partial charge in [0.2, 0.25) is 0 Å². The molecule has 92 valence electrons. The molecule has 0 amide bonds. The van der Waals surface area contributed by atoms with Gasteiger partial charge in [0, 0.05) is 19.7 Å². The number of hydrogen-bond acceptors (Lipinski definition) is 3. The summed E-state index contributed by atoms with van der Waals surface area (Å²) in [5.41, 5.74) is 3.12. The standard InChI is InChI=1S/C12H10BrN3O2/c1-15-6-14-10(11(15)13)7-3-4-9-8(5-7)16(2)12(17)18-9/h3-6H,1-2H3. The van der Waals surface area contributed by atoms with E-state index in [-0.39, 0.29) is 5.76 Å². The minimum Gasteiger partial charge on any atom is -0.408 e. The van der Waals surface area contributed by atoms with Crippen LogP contribution < -0.4 is 5.76 Å². The molecular weight excluding hydrogens is 298 g/mol. The van der Waals surface area contributed by atoms with Crippen LogP contribution in [0.15, 0.2) is 38.3 Å². The van der Waals surface area contributed by atoms with Gasteiger partial charge in [0.1, 0.15) is 10.3 Å². The van der Waals surface area contributed by atoms with E-state index in [0.29, 0.717) is 5.58 Å². The molecule has 5 nitrogen and oxygen atoms in total. The Kier molecular flexibility index (Phi) is 2.41. The lowest BCUT2D eigenvalue weighted by Gasteiger charge is -2.00. The molecule has 0 radical (unpaired) electrons. The highest BCUT2D eigenvalue weighted by atomic mass is 79.9. The zero-order chi connectivity index (χ0) is 12.9. The average molecular weight is 308 g/mol. The molecule has 0 bridgehead atoms. The SMILES string of the molecule is Cn1cnc(-c2ccc3oc(=O)n(C)c3c2)c1Br. The molecule has 0 aliphatic carbocycles. The minimum absolute atomic E-state index is 0.359. The molecule has 0 fully saturated rings. The van der Waals surface area contributed by atoms with Gasteiger partial charge in [0.05, 0.1) is 11.8 Å². The van der Waals surface area contributed by atoms with Gasteiger partial charge in [0.25, 0.3) is 0 Å². The molecule has 0 N–H and O–H groups in total. The van der Waals surface area contributed by atoms with Crippen molar-refractivity contribution in [3.63, 3.8) is 0 Å². The number of aryl methyl sites for hydroxylation is 2. The molecule has 2 heterocycles. The second kappa shape index (κ2) is 3.84.